The van der Waals surface area contributed by atoms with Crippen molar-refractivity contribution in [2.75, 3.05) is 5.75 Å². The van der Waals surface area contributed by atoms with Crippen LogP contribution in [0.3, 0.4) is 0 Å². The number of benzene rings is 1. The van der Waals surface area contributed by atoms with E-state index >= 15 is 0 Å². The molecule has 4 heteroatoms. The summed E-state index contributed by atoms with van der Waals surface area (Å²) >= 11 is 1.64. The van der Waals surface area contributed by atoms with Crippen LogP contribution >= 0.6 is 11.8 Å². The summed E-state index contributed by atoms with van der Waals surface area (Å²) in [7, 11) is 0. The fourth-order valence-electron chi connectivity index (χ4n) is 1.61. The number of hydrogen-bond donors (Lipinski definition) is 2. The standard InChI is InChI=1S/C13H21FN2S/c1-2-3-4-7-12(16-15)10-17-13-8-5-6-11(14)9-13/h5-6,8-9,12,16H,2-4,7,10,15H2,1H3. The number of hydrazine groups is 1. The highest BCUT2D eigenvalue weighted by Gasteiger charge is 2.07. The quantitative estimate of drug-likeness (QED) is 0.324. The molecule has 0 amide bonds. The summed E-state index contributed by atoms with van der Waals surface area (Å²) in [6, 6.07) is 6.98. The predicted molar refractivity (Wildman–Crippen MR) is 72.4 cm³/mol. The van der Waals surface area contributed by atoms with Gasteiger partial charge in [0.15, 0.2) is 0 Å². The maximum absolute atomic E-state index is 13.0. The van der Waals surface area contributed by atoms with E-state index in [4.69, 9.17) is 5.84 Å². The minimum atomic E-state index is -0.182. The molecule has 0 bridgehead atoms. The molecular weight excluding hydrogens is 235 g/mol. The fraction of sp³-hybridized carbons (Fsp3) is 0.538. The van der Waals surface area contributed by atoms with Crippen LogP contribution in [-0.2, 0) is 0 Å². The second-order valence-electron chi connectivity index (χ2n) is 4.13. The molecule has 1 aromatic rings. The Bertz CT molecular complexity index is 320. The molecule has 1 aromatic carbocycles. The van der Waals surface area contributed by atoms with Crippen LogP contribution in [0, 0.1) is 5.82 Å². The smallest absolute Gasteiger partial charge is 0.124 e. The zero-order chi connectivity index (χ0) is 12.5. The fourth-order valence-corrected chi connectivity index (χ4v) is 2.64. The third-order valence-corrected chi connectivity index (χ3v) is 3.80. The van der Waals surface area contributed by atoms with Gasteiger partial charge in [0, 0.05) is 16.7 Å². The number of rotatable bonds is 8. The Balaban J connectivity index is 2.31. The van der Waals surface area contributed by atoms with Crippen LogP contribution in [0.15, 0.2) is 29.2 Å². The molecule has 1 unspecified atom stereocenters. The number of unbranched alkanes of at least 4 members (excludes halogenated alkanes) is 2. The van der Waals surface area contributed by atoms with E-state index in [1.165, 1.54) is 25.3 Å². The van der Waals surface area contributed by atoms with Crippen molar-refractivity contribution in [3.63, 3.8) is 0 Å². The summed E-state index contributed by atoms with van der Waals surface area (Å²) in [6.45, 7) is 2.19. The average Bonchev–Trinajstić information content (AvgIpc) is 2.34. The zero-order valence-corrected chi connectivity index (χ0v) is 11.1. The molecule has 2 nitrogen and oxygen atoms in total. The average molecular weight is 256 g/mol. The molecule has 0 aliphatic heterocycles. The normalized spacial score (nSPS) is 12.6. The first kappa shape index (κ1) is 14.5. The van der Waals surface area contributed by atoms with Crippen molar-refractivity contribution in [3.05, 3.63) is 30.1 Å². The van der Waals surface area contributed by atoms with E-state index in [-0.39, 0.29) is 5.82 Å². The van der Waals surface area contributed by atoms with Crippen LogP contribution in [-0.4, -0.2) is 11.8 Å². The molecule has 17 heavy (non-hydrogen) atoms. The van der Waals surface area contributed by atoms with Gasteiger partial charge < -0.3 is 0 Å². The lowest BCUT2D eigenvalue weighted by atomic mass is 10.1. The molecular formula is C13H21FN2S. The maximum atomic E-state index is 13.0. The molecule has 0 heterocycles. The summed E-state index contributed by atoms with van der Waals surface area (Å²) in [6.07, 6.45) is 4.72. The molecule has 0 saturated heterocycles. The van der Waals surface area contributed by atoms with Gasteiger partial charge in [-0.3, -0.25) is 11.3 Å². The SMILES string of the molecule is CCCCCC(CSc1cccc(F)c1)NN. The van der Waals surface area contributed by atoms with Crippen molar-refractivity contribution in [1.82, 2.24) is 5.43 Å². The molecule has 0 radical (unpaired) electrons. The Labute approximate surface area is 107 Å². The minimum Gasteiger partial charge on any atom is -0.271 e. The van der Waals surface area contributed by atoms with E-state index in [2.05, 4.69) is 12.3 Å². The predicted octanol–water partition coefficient (Wildman–Crippen LogP) is 3.33. The van der Waals surface area contributed by atoms with Gasteiger partial charge in [-0.25, -0.2) is 4.39 Å². The summed E-state index contributed by atoms with van der Waals surface area (Å²) in [5, 5.41) is 0. The van der Waals surface area contributed by atoms with E-state index in [0.717, 1.165) is 17.1 Å². The molecule has 96 valence electrons. The first-order chi connectivity index (χ1) is 8.26. The summed E-state index contributed by atoms with van der Waals surface area (Å²) < 4.78 is 13.0. The molecule has 0 saturated carbocycles. The van der Waals surface area contributed by atoms with Gasteiger partial charge in [0.25, 0.3) is 0 Å². The first-order valence-corrected chi connectivity index (χ1v) is 7.09. The van der Waals surface area contributed by atoms with E-state index in [1.807, 2.05) is 6.07 Å². The van der Waals surface area contributed by atoms with Crippen LogP contribution < -0.4 is 11.3 Å². The van der Waals surface area contributed by atoms with Gasteiger partial charge in [-0.2, -0.15) is 0 Å². The molecule has 1 rings (SSSR count). The van der Waals surface area contributed by atoms with Crippen LogP contribution in [0.4, 0.5) is 4.39 Å². The van der Waals surface area contributed by atoms with Gasteiger partial charge in [0.2, 0.25) is 0 Å². The number of hydrogen-bond acceptors (Lipinski definition) is 3. The Kier molecular flexibility index (Phi) is 7.24. The molecule has 0 aliphatic carbocycles. The molecule has 0 spiro atoms. The van der Waals surface area contributed by atoms with Gasteiger partial charge in [0.1, 0.15) is 5.82 Å². The van der Waals surface area contributed by atoms with Crippen LogP contribution in [0.1, 0.15) is 32.6 Å². The Morgan fingerprint density at radius 3 is 2.88 bits per heavy atom. The lowest BCUT2D eigenvalue weighted by Gasteiger charge is -2.15. The van der Waals surface area contributed by atoms with Gasteiger partial charge in [-0.1, -0.05) is 32.3 Å². The Morgan fingerprint density at radius 2 is 2.24 bits per heavy atom. The van der Waals surface area contributed by atoms with Gasteiger partial charge >= 0.3 is 0 Å². The molecule has 3 N–H and O–H groups in total. The minimum absolute atomic E-state index is 0.182. The van der Waals surface area contributed by atoms with Crippen LogP contribution in [0.25, 0.3) is 0 Å². The molecule has 1 atom stereocenters. The highest BCUT2D eigenvalue weighted by atomic mass is 32.2. The monoisotopic (exact) mass is 256 g/mol. The number of halogens is 1. The summed E-state index contributed by atoms with van der Waals surface area (Å²) in [5.41, 5.74) is 2.83. The first-order valence-electron chi connectivity index (χ1n) is 6.10. The third-order valence-electron chi connectivity index (χ3n) is 2.64. The second-order valence-corrected chi connectivity index (χ2v) is 5.22. The van der Waals surface area contributed by atoms with Crippen molar-refractivity contribution in [2.24, 2.45) is 5.84 Å². The van der Waals surface area contributed by atoms with Crippen LogP contribution in [0.2, 0.25) is 0 Å². The van der Waals surface area contributed by atoms with Crippen LogP contribution in [0.5, 0.6) is 0 Å². The van der Waals surface area contributed by atoms with E-state index in [0.29, 0.717) is 6.04 Å². The number of nitrogens with two attached hydrogens (primary N) is 1. The van der Waals surface area contributed by atoms with E-state index < -0.39 is 0 Å². The maximum Gasteiger partial charge on any atom is 0.124 e. The topological polar surface area (TPSA) is 38.0 Å². The largest absolute Gasteiger partial charge is 0.271 e. The highest BCUT2D eigenvalue weighted by Crippen LogP contribution is 2.20. The lowest BCUT2D eigenvalue weighted by Crippen LogP contribution is -2.36. The second kappa shape index (κ2) is 8.50. The third kappa shape index (κ3) is 6.05. The number of thioether (sulfide) groups is 1. The summed E-state index contributed by atoms with van der Waals surface area (Å²) in [5.74, 6) is 6.21. The Morgan fingerprint density at radius 1 is 1.41 bits per heavy atom. The van der Waals surface area contributed by atoms with Gasteiger partial charge in [0.05, 0.1) is 0 Å². The highest BCUT2D eigenvalue weighted by molar-refractivity contribution is 7.99. The van der Waals surface area contributed by atoms with E-state index in [1.54, 1.807) is 23.9 Å². The van der Waals surface area contributed by atoms with Crippen molar-refractivity contribution in [1.29, 1.82) is 0 Å². The molecule has 0 aromatic heterocycles. The van der Waals surface area contributed by atoms with Crippen molar-refractivity contribution >= 4 is 11.8 Å². The van der Waals surface area contributed by atoms with Gasteiger partial charge in [-0.05, 0) is 24.6 Å². The molecule has 0 fully saturated rings. The lowest BCUT2D eigenvalue weighted by molar-refractivity contribution is 0.506. The van der Waals surface area contributed by atoms with Gasteiger partial charge in [-0.15, -0.1) is 11.8 Å². The van der Waals surface area contributed by atoms with E-state index in [9.17, 15) is 4.39 Å². The van der Waals surface area contributed by atoms with Crippen molar-refractivity contribution in [3.8, 4) is 0 Å². The number of nitrogens with one attached hydrogen (secondary N) is 1. The Hall–Kier alpha value is -0.580. The van der Waals surface area contributed by atoms with Crippen molar-refractivity contribution in [2.45, 2.75) is 43.5 Å². The van der Waals surface area contributed by atoms with Crippen molar-refractivity contribution < 1.29 is 4.39 Å². The molecule has 0 aliphatic rings. The summed E-state index contributed by atoms with van der Waals surface area (Å²) in [4.78, 5) is 0.959. The zero-order valence-electron chi connectivity index (χ0n) is 10.3.